The van der Waals surface area contributed by atoms with E-state index in [0.29, 0.717) is 5.56 Å². The number of carbonyl (C=O) groups is 2. The second kappa shape index (κ2) is 6.44. The standard InChI is InChI=1S/C13H14O5/c1-17-12(15)8-10(13(16)18-2)7-9-3-5-11(14)6-4-9/h3-7,14H,8H2,1-2H3. The highest BCUT2D eigenvalue weighted by molar-refractivity contribution is 5.98. The van der Waals surface area contributed by atoms with Crippen LogP contribution in [0.3, 0.4) is 0 Å². The quantitative estimate of drug-likeness (QED) is 0.647. The molecule has 0 aromatic heterocycles. The zero-order chi connectivity index (χ0) is 13.5. The fourth-order valence-electron chi connectivity index (χ4n) is 1.31. The second-order valence-electron chi connectivity index (χ2n) is 3.51. The minimum absolute atomic E-state index is 0.125. The first-order valence-corrected chi connectivity index (χ1v) is 5.21. The lowest BCUT2D eigenvalue weighted by atomic mass is 10.1. The van der Waals surface area contributed by atoms with E-state index in [0.717, 1.165) is 0 Å². The van der Waals surface area contributed by atoms with E-state index in [1.807, 2.05) is 0 Å². The Morgan fingerprint density at radius 2 is 1.78 bits per heavy atom. The molecule has 0 radical (unpaired) electrons. The number of phenolic OH excluding ortho intramolecular Hbond substituents is 1. The number of hydrogen-bond donors (Lipinski definition) is 1. The van der Waals surface area contributed by atoms with Crippen LogP contribution in [0, 0.1) is 0 Å². The zero-order valence-corrected chi connectivity index (χ0v) is 10.2. The molecule has 0 aliphatic carbocycles. The van der Waals surface area contributed by atoms with Crippen LogP contribution in [0.2, 0.25) is 0 Å². The predicted molar refractivity (Wildman–Crippen MR) is 64.7 cm³/mol. The lowest BCUT2D eigenvalue weighted by Gasteiger charge is -2.04. The first kappa shape index (κ1) is 13.8. The molecule has 5 heteroatoms. The topological polar surface area (TPSA) is 72.8 Å². The molecule has 0 aliphatic rings. The third kappa shape index (κ3) is 3.93. The molecule has 0 amide bonds. The highest BCUT2D eigenvalue weighted by atomic mass is 16.5. The number of rotatable bonds is 4. The Bertz CT molecular complexity index is 459. The first-order valence-electron chi connectivity index (χ1n) is 5.21. The minimum atomic E-state index is -0.589. The molecular weight excluding hydrogens is 236 g/mol. The van der Waals surface area contributed by atoms with E-state index in [2.05, 4.69) is 9.47 Å². The zero-order valence-electron chi connectivity index (χ0n) is 10.2. The normalized spacial score (nSPS) is 10.9. The first-order chi connectivity index (χ1) is 8.56. The van der Waals surface area contributed by atoms with E-state index in [4.69, 9.17) is 5.11 Å². The van der Waals surface area contributed by atoms with Gasteiger partial charge in [-0.3, -0.25) is 4.79 Å². The lowest BCUT2D eigenvalue weighted by molar-refractivity contribution is -0.143. The molecular formula is C13H14O5. The van der Waals surface area contributed by atoms with Gasteiger partial charge in [-0.25, -0.2) is 4.79 Å². The Morgan fingerprint density at radius 3 is 2.28 bits per heavy atom. The van der Waals surface area contributed by atoms with Crippen molar-refractivity contribution in [3.63, 3.8) is 0 Å². The Balaban J connectivity index is 2.98. The van der Waals surface area contributed by atoms with Gasteiger partial charge in [0, 0.05) is 5.57 Å². The van der Waals surface area contributed by atoms with Crippen molar-refractivity contribution in [2.24, 2.45) is 0 Å². The van der Waals surface area contributed by atoms with E-state index in [9.17, 15) is 9.59 Å². The molecule has 1 aromatic rings. The van der Waals surface area contributed by atoms with Gasteiger partial charge in [0.05, 0.1) is 20.6 Å². The van der Waals surface area contributed by atoms with Crippen LogP contribution in [0.5, 0.6) is 5.75 Å². The largest absolute Gasteiger partial charge is 0.508 e. The Labute approximate surface area is 105 Å². The molecule has 1 N–H and O–H groups in total. The molecule has 18 heavy (non-hydrogen) atoms. The third-order valence-corrected chi connectivity index (χ3v) is 2.24. The van der Waals surface area contributed by atoms with Crippen LogP contribution in [0.15, 0.2) is 29.8 Å². The molecule has 0 atom stereocenters. The maximum Gasteiger partial charge on any atom is 0.334 e. The molecule has 0 spiro atoms. The van der Waals surface area contributed by atoms with Gasteiger partial charge in [-0.05, 0) is 23.8 Å². The van der Waals surface area contributed by atoms with E-state index >= 15 is 0 Å². The summed E-state index contributed by atoms with van der Waals surface area (Å²) in [6.07, 6.45) is 1.35. The number of phenols is 1. The van der Waals surface area contributed by atoms with E-state index < -0.39 is 11.9 Å². The number of ether oxygens (including phenoxy) is 2. The summed E-state index contributed by atoms with van der Waals surface area (Å²) in [5.74, 6) is -0.987. The van der Waals surface area contributed by atoms with Crippen molar-refractivity contribution in [2.45, 2.75) is 6.42 Å². The molecule has 0 bridgehead atoms. The van der Waals surface area contributed by atoms with Gasteiger partial charge >= 0.3 is 11.9 Å². The van der Waals surface area contributed by atoms with Gasteiger partial charge in [-0.2, -0.15) is 0 Å². The van der Waals surface area contributed by atoms with Gasteiger partial charge in [-0.15, -0.1) is 0 Å². The molecule has 0 saturated carbocycles. The number of aromatic hydroxyl groups is 1. The summed E-state index contributed by atoms with van der Waals surface area (Å²) in [6, 6.07) is 6.21. The summed E-state index contributed by atoms with van der Waals surface area (Å²) in [5.41, 5.74) is 0.868. The van der Waals surface area contributed by atoms with Crippen LogP contribution < -0.4 is 0 Å². The maximum atomic E-state index is 11.5. The van der Waals surface area contributed by atoms with Gasteiger partial charge in [-0.1, -0.05) is 12.1 Å². The molecule has 0 fully saturated rings. The summed E-state index contributed by atoms with van der Waals surface area (Å²) in [7, 11) is 2.49. The van der Waals surface area contributed by atoms with Crippen LogP contribution in [0.4, 0.5) is 0 Å². The summed E-state index contributed by atoms with van der Waals surface area (Å²) in [5, 5.41) is 9.14. The average molecular weight is 250 g/mol. The molecule has 0 aliphatic heterocycles. The van der Waals surface area contributed by atoms with E-state index in [-0.39, 0.29) is 17.7 Å². The van der Waals surface area contributed by atoms with Crippen molar-refractivity contribution >= 4 is 18.0 Å². The molecule has 5 nitrogen and oxygen atoms in total. The molecule has 0 heterocycles. The number of benzene rings is 1. The molecule has 0 unspecified atom stereocenters. The van der Waals surface area contributed by atoms with Crippen molar-refractivity contribution in [1.29, 1.82) is 0 Å². The fraction of sp³-hybridized carbons (Fsp3) is 0.231. The van der Waals surface area contributed by atoms with Gasteiger partial charge in [0.25, 0.3) is 0 Å². The predicted octanol–water partition coefficient (Wildman–Crippen LogP) is 1.51. The van der Waals surface area contributed by atoms with Crippen LogP contribution in [0.1, 0.15) is 12.0 Å². The lowest BCUT2D eigenvalue weighted by Crippen LogP contribution is -2.10. The number of hydrogen-bond acceptors (Lipinski definition) is 5. The Hall–Kier alpha value is -2.30. The molecule has 0 saturated heterocycles. The van der Waals surface area contributed by atoms with Gasteiger partial charge in [0.1, 0.15) is 5.75 Å². The highest BCUT2D eigenvalue weighted by Crippen LogP contribution is 2.15. The number of methoxy groups -OCH3 is 2. The smallest absolute Gasteiger partial charge is 0.334 e. The van der Waals surface area contributed by atoms with Gasteiger partial charge in [0.15, 0.2) is 0 Å². The number of carbonyl (C=O) groups excluding carboxylic acids is 2. The van der Waals surface area contributed by atoms with E-state index in [1.165, 1.54) is 32.4 Å². The van der Waals surface area contributed by atoms with Crippen molar-refractivity contribution in [3.8, 4) is 5.75 Å². The summed E-state index contributed by atoms with van der Waals surface area (Å²) >= 11 is 0. The summed E-state index contributed by atoms with van der Waals surface area (Å²) in [6.45, 7) is 0. The van der Waals surface area contributed by atoms with E-state index in [1.54, 1.807) is 12.1 Å². The SMILES string of the molecule is COC(=O)CC(=Cc1ccc(O)cc1)C(=O)OC. The van der Waals surface area contributed by atoms with Crippen LogP contribution in [0.25, 0.3) is 6.08 Å². The van der Waals surface area contributed by atoms with Crippen LogP contribution in [-0.2, 0) is 19.1 Å². The van der Waals surface area contributed by atoms with Crippen molar-refractivity contribution in [2.75, 3.05) is 14.2 Å². The van der Waals surface area contributed by atoms with Crippen LogP contribution in [-0.4, -0.2) is 31.3 Å². The minimum Gasteiger partial charge on any atom is -0.508 e. The van der Waals surface area contributed by atoms with Crippen molar-refractivity contribution in [1.82, 2.24) is 0 Å². The van der Waals surface area contributed by atoms with Crippen LogP contribution >= 0.6 is 0 Å². The molecule has 1 rings (SSSR count). The monoisotopic (exact) mass is 250 g/mol. The van der Waals surface area contributed by atoms with Gasteiger partial charge in [0.2, 0.25) is 0 Å². The Morgan fingerprint density at radius 1 is 1.17 bits per heavy atom. The highest BCUT2D eigenvalue weighted by Gasteiger charge is 2.14. The maximum absolute atomic E-state index is 11.5. The van der Waals surface area contributed by atoms with Crippen molar-refractivity contribution in [3.05, 3.63) is 35.4 Å². The van der Waals surface area contributed by atoms with Gasteiger partial charge < -0.3 is 14.6 Å². The molecule has 96 valence electrons. The number of esters is 2. The third-order valence-electron chi connectivity index (χ3n) is 2.24. The van der Waals surface area contributed by atoms with Crippen molar-refractivity contribution < 1.29 is 24.2 Å². The molecule has 1 aromatic carbocycles. The Kier molecular flexibility index (Phi) is 4.92. The second-order valence-corrected chi connectivity index (χ2v) is 3.51. The average Bonchev–Trinajstić information content (AvgIpc) is 2.39. The summed E-state index contributed by atoms with van der Waals surface area (Å²) < 4.78 is 9.09. The fourth-order valence-corrected chi connectivity index (χ4v) is 1.31. The summed E-state index contributed by atoms with van der Waals surface area (Å²) in [4.78, 5) is 22.7.